The van der Waals surface area contributed by atoms with Crippen molar-refractivity contribution in [3.05, 3.63) is 0 Å². The first kappa shape index (κ1) is 13.9. The molecule has 1 saturated carbocycles. The van der Waals surface area contributed by atoms with Crippen LogP contribution in [0, 0.1) is 11.3 Å². The molecule has 2 aliphatic heterocycles. The van der Waals surface area contributed by atoms with Gasteiger partial charge < -0.3 is 10.2 Å². The third-order valence-corrected chi connectivity index (χ3v) is 6.07. The summed E-state index contributed by atoms with van der Waals surface area (Å²) in [5, 5.41) is 3.71. The summed E-state index contributed by atoms with van der Waals surface area (Å²) in [6, 6.07) is 1.76. The van der Waals surface area contributed by atoms with Crippen LogP contribution in [0.1, 0.15) is 65.2 Å². The topological polar surface area (TPSA) is 15.3 Å². The first-order chi connectivity index (χ1) is 9.14. The summed E-state index contributed by atoms with van der Waals surface area (Å²) >= 11 is 0. The van der Waals surface area contributed by atoms with Crippen LogP contribution in [-0.4, -0.2) is 36.6 Å². The van der Waals surface area contributed by atoms with Gasteiger partial charge in [-0.25, -0.2) is 0 Å². The van der Waals surface area contributed by atoms with Crippen molar-refractivity contribution in [2.45, 2.75) is 77.3 Å². The van der Waals surface area contributed by atoms with Gasteiger partial charge in [0, 0.05) is 12.1 Å². The lowest BCUT2D eigenvalue weighted by atomic mass is 9.74. The lowest BCUT2D eigenvalue weighted by Crippen LogP contribution is -2.46. The van der Waals surface area contributed by atoms with Crippen molar-refractivity contribution in [1.29, 1.82) is 0 Å². The molecule has 0 aromatic heterocycles. The molecule has 0 aromatic carbocycles. The molecule has 1 atom stereocenters. The van der Waals surface area contributed by atoms with E-state index in [1.807, 2.05) is 0 Å². The van der Waals surface area contributed by atoms with Crippen LogP contribution in [-0.2, 0) is 0 Å². The van der Waals surface area contributed by atoms with Crippen LogP contribution in [0.15, 0.2) is 0 Å². The highest BCUT2D eigenvalue weighted by Crippen LogP contribution is 2.38. The van der Waals surface area contributed by atoms with E-state index >= 15 is 0 Å². The number of nitrogens with zero attached hydrogens (tertiary/aromatic N) is 1. The highest BCUT2D eigenvalue weighted by atomic mass is 15.2. The molecule has 2 saturated heterocycles. The predicted octanol–water partition coefficient (Wildman–Crippen LogP) is 3.42. The van der Waals surface area contributed by atoms with Gasteiger partial charge in [0.15, 0.2) is 0 Å². The van der Waals surface area contributed by atoms with E-state index in [1.165, 1.54) is 71.0 Å². The standard InChI is InChI=1S/C17H32N2/c1-17(2)9-5-15(6-10-17)19-12-7-14(8-13-19)16-4-3-11-18-16/h14-16,18H,3-13H2,1-2H3. The van der Waals surface area contributed by atoms with Crippen molar-refractivity contribution in [2.75, 3.05) is 19.6 Å². The SMILES string of the molecule is CC1(C)CCC(N2CCC(C3CCCN3)CC2)CC1. The Morgan fingerprint density at radius 1 is 0.947 bits per heavy atom. The van der Waals surface area contributed by atoms with E-state index in [1.54, 1.807) is 0 Å². The number of piperidine rings is 1. The Hall–Kier alpha value is -0.0800. The summed E-state index contributed by atoms with van der Waals surface area (Å²) in [5.41, 5.74) is 0.614. The van der Waals surface area contributed by atoms with Crippen LogP contribution >= 0.6 is 0 Å². The molecule has 0 spiro atoms. The first-order valence-electron chi connectivity index (χ1n) is 8.61. The molecule has 1 N–H and O–H groups in total. The molecule has 3 rings (SSSR count). The van der Waals surface area contributed by atoms with E-state index in [0.717, 1.165) is 18.0 Å². The molecular formula is C17H32N2. The summed E-state index contributed by atoms with van der Waals surface area (Å²) in [6.45, 7) is 8.90. The zero-order chi connectivity index (χ0) is 13.3. The smallest absolute Gasteiger partial charge is 0.00967 e. The number of nitrogens with one attached hydrogen (secondary N) is 1. The predicted molar refractivity (Wildman–Crippen MR) is 81.4 cm³/mol. The van der Waals surface area contributed by atoms with Crippen LogP contribution < -0.4 is 5.32 Å². The second-order valence-corrected chi connectivity index (χ2v) is 7.97. The van der Waals surface area contributed by atoms with Gasteiger partial charge in [-0.05, 0) is 82.3 Å². The first-order valence-corrected chi connectivity index (χ1v) is 8.61. The van der Waals surface area contributed by atoms with E-state index in [-0.39, 0.29) is 0 Å². The van der Waals surface area contributed by atoms with Crippen molar-refractivity contribution >= 4 is 0 Å². The van der Waals surface area contributed by atoms with Gasteiger partial charge in [-0.2, -0.15) is 0 Å². The second kappa shape index (κ2) is 5.73. The Bertz CT molecular complexity index is 276. The second-order valence-electron chi connectivity index (χ2n) is 7.97. The van der Waals surface area contributed by atoms with Crippen LogP contribution in [0.3, 0.4) is 0 Å². The fourth-order valence-corrected chi connectivity index (χ4v) is 4.55. The molecule has 0 amide bonds. The van der Waals surface area contributed by atoms with E-state index in [9.17, 15) is 0 Å². The molecule has 1 aliphatic carbocycles. The zero-order valence-corrected chi connectivity index (χ0v) is 13.0. The monoisotopic (exact) mass is 264 g/mol. The van der Waals surface area contributed by atoms with Crippen molar-refractivity contribution in [3.63, 3.8) is 0 Å². The fraction of sp³-hybridized carbons (Fsp3) is 1.00. The summed E-state index contributed by atoms with van der Waals surface area (Å²) in [5.74, 6) is 0.971. The molecule has 2 heterocycles. The fourth-order valence-electron chi connectivity index (χ4n) is 4.55. The Morgan fingerprint density at radius 2 is 1.63 bits per heavy atom. The van der Waals surface area contributed by atoms with Gasteiger partial charge in [-0.3, -0.25) is 0 Å². The summed E-state index contributed by atoms with van der Waals surface area (Å²) in [7, 11) is 0. The number of likely N-dealkylation sites (tertiary alicyclic amines) is 1. The lowest BCUT2D eigenvalue weighted by Gasteiger charge is -2.43. The maximum absolute atomic E-state index is 3.71. The van der Waals surface area contributed by atoms with Crippen molar-refractivity contribution in [2.24, 2.45) is 11.3 Å². The molecule has 1 unspecified atom stereocenters. The van der Waals surface area contributed by atoms with E-state index in [2.05, 4.69) is 24.1 Å². The molecule has 19 heavy (non-hydrogen) atoms. The van der Waals surface area contributed by atoms with Crippen LogP contribution in [0.2, 0.25) is 0 Å². The average molecular weight is 264 g/mol. The largest absolute Gasteiger partial charge is 0.314 e. The van der Waals surface area contributed by atoms with Crippen molar-refractivity contribution in [3.8, 4) is 0 Å². The van der Waals surface area contributed by atoms with Gasteiger partial charge in [-0.15, -0.1) is 0 Å². The Labute approximate surface area is 119 Å². The average Bonchev–Trinajstić information content (AvgIpc) is 2.93. The highest BCUT2D eigenvalue weighted by molar-refractivity contribution is 4.89. The molecule has 3 fully saturated rings. The van der Waals surface area contributed by atoms with Crippen LogP contribution in [0.5, 0.6) is 0 Å². The van der Waals surface area contributed by atoms with Crippen LogP contribution in [0.25, 0.3) is 0 Å². The minimum atomic E-state index is 0.614. The Morgan fingerprint density at radius 3 is 2.21 bits per heavy atom. The maximum Gasteiger partial charge on any atom is 0.00967 e. The van der Waals surface area contributed by atoms with Gasteiger partial charge in [0.05, 0.1) is 0 Å². The molecule has 2 heteroatoms. The maximum atomic E-state index is 3.71. The molecule has 0 aromatic rings. The van der Waals surface area contributed by atoms with Crippen molar-refractivity contribution in [1.82, 2.24) is 10.2 Å². The third kappa shape index (κ3) is 3.33. The molecule has 0 bridgehead atoms. The molecule has 110 valence electrons. The van der Waals surface area contributed by atoms with Gasteiger partial charge in [-0.1, -0.05) is 13.8 Å². The highest BCUT2D eigenvalue weighted by Gasteiger charge is 2.34. The molecule has 0 radical (unpaired) electrons. The summed E-state index contributed by atoms with van der Waals surface area (Å²) in [4.78, 5) is 2.82. The van der Waals surface area contributed by atoms with Crippen molar-refractivity contribution < 1.29 is 0 Å². The minimum Gasteiger partial charge on any atom is -0.314 e. The number of rotatable bonds is 2. The Kier molecular flexibility index (Phi) is 4.19. The normalized spacial score (nSPS) is 34.7. The van der Waals surface area contributed by atoms with E-state index in [4.69, 9.17) is 0 Å². The van der Waals surface area contributed by atoms with Gasteiger partial charge in [0.2, 0.25) is 0 Å². The molecule has 3 aliphatic rings. The number of hydrogen-bond donors (Lipinski definition) is 1. The summed E-state index contributed by atoms with van der Waals surface area (Å²) in [6.07, 6.45) is 11.5. The van der Waals surface area contributed by atoms with Gasteiger partial charge in [0.25, 0.3) is 0 Å². The van der Waals surface area contributed by atoms with Gasteiger partial charge in [0.1, 0.15) is 0 Å². The quantitative estimate of drug-likeness (QED) is 0.822. The third-order valence-electron chi connectivity index (χ3n) is 6.07. The lowest BCUT2D eigenvalue weighted by molar-refractivity contribution is 0.0696. The van der Waals surface area contributed by atoms with E-state index in [0.29, 0.717) is 5.41 Å². The van der Waals surface area contributed by atoms with Gasteiger partial charge >= 0.3 is 0 Å². The van der Waals surface area contributed by atoms with E-state index < -0.39 is 0 Å². The van der Waals surface area contributed by atoms with Crippen LogP contribution in [0.4, 0.5) is 0 Å². The minimum absolute atomic E-state index is 0.614. The Balaban J connectivity index is 1.45. The zero-order valence-electron chi connectivity index (χ0n) is 13.0. The summed E-state index contributed by atoms with van der Waals surface area (Å²) < 4.78 is 0. The number of hydrogen-bond acceptors (Lipinski definition) is 2. The molecule has 2 nitrogen and oxygen atoms in total. The molecular weight excluding hydrogens is 232 g/mol.